The van der Waals surface area contributed by atoms with E-state index in [0.29, 0.717) is 30.0 Å². The number of hydrogen-bond donors (Lipinski definition) is 2. The molecule has 156 valence electrons. The molecule has 30 heavy (non-hydrogen) atoms. The predicted octanol–water partition coefficient (Wildman–Crippen LogP) is 3.35. The topological polar surface area (TPSA) is 109 Å². The van der Waals surface area contributed by atoms with Crippen molar-refractivity contribution < 1.29 is 28.9 Å². The summed E-state index contributed by atoms with van der Waals surface area (Å²) in [5.41, 5.74) is 0.185. The Morgan fingerprint density at radius 1 is 1.20 bits per heavy atom. The van der Waals surface area contributed by atoms with Gasteiger partial charge in [0.25, 0.3) is 0 Å². The van der Waals surface area contributed by atoms with Crippen LogP contribution >= 0.6 is 0 Å². The number of nitrogens with zero attached hydrogens (tertiary/aromatic N) is 1. The molecular weight excluding hydrogens is 390 g/mol. The smallest absolute Gasteiger partial charge is 0.320 e. The lowest BCUT2D eigenvalue weighted by molar-refractivity contribution is -0.142. The number of phenols is 1. The van der Waals surface area contributed by atoms with Crippen LogP contribution in [0.2, 0.25) is 0 Å². The molecule has 8 heteroatoms. The fourth-order valence-electron chi connectivity index (χ4n) is 3.77. The van der Waals surface area contributed by atoms with Crippen LogP contribution in [-0.4, -0.2) is 40.8 Å². The third-order valence-corrected chi connectivity index (χ3v) is 5.29. The Kier molecular flexibility index (Phi) is 5.33. The van der Waals surface area contributed by atoms with Gasteiger partial charge in [0.2, 0.25) is 11.2 Å². The highest BCUT2D eigenvalue weighted by molar-refractivity contribution is 5.83. The molecule has 0 spiro atoms. The van der Waals surface area contributed by atoms with E-state index in [4.69, 9.17) is 13.9 Å². The number of carbonyl (C=O) groups is 1. The molecule has 1 aliphatic heterocycles. The van der Waals surface area contributed by atoms with Crippen molar-refractivity contribution in [3.63, 3.8) is 0 Å². The van der Waals surface area contributed by atoms with Crippen molar-refractivity contribution in [2.75, 3.05) is 13.7 Å². The molecule has 1 aliphatic rings. The third kappa shape index (κ3) is 3.57. The number of likely N-dealkylation sites (tertiary alicyclic amines) is 1. The molecule has 0 aliphatic carbocycles. The number of benzene rings is 2. The van der Waals surface area contributed by atoms with Crippen LogP contribution in [0, 0.1) is 0 Å². The monoisotopic (exact) mass is 411 g/mol. The van der Waals surface area contributed by atoms with E-state index >= 15 is 0 Å². The zero-order chi connectivity index (χ0) is 21.3. The van der Waals surface area contributed by atoms with Crippen LogP contribution in [0.4, 0.5) is 0 Å². The molecule has 1 aromatic heterocycles. The molecular formula is C22H21NO7. The van der Waals surface area contributed by atoms with Gasteiger partial charge in [0.15, 0.2) is 11.5 Å². The van der Waals surface area contributed by atoms with Gasteiger partial charge in [-0.3, -0.25) is 14.5 Å². The quantitative estimate of drug-likeness (QED) is 0.636. The second-order valence-electron chi connectivity index (χ2n) is 7.09. The highest BCUT2D eigenvalue weighted by Crippen LogP contribution is 2.33. The summed E-state index contributed by atoms with van der Waals surface area (Å²) in [6.07, 6.45) is 2.49. The third-order valence-electron chi connectivity index (χ3n) is 5.29. The zero-order valence-corrected chi connectivity index (χ0v) is 16.3. The van der Waals surface area contributed by atoms with Gasteiger partial charge in [-0.1, -0.05) is 12.1 Å². The number of rotatable bonds is 6. The minimum absolute atomic E-state index is 0.0202. The Balaban J connectivity index is 1.72. The molecule has 0 bridgehead atoms. The predicted molar refractivity (Wildman–Crippen MR) is 108 cm³/mol. The van der Waals surface area contributed by atoms with Crippen LogP contribution in [0.3, 0.4) is 0 Å². The van der Waals surface area contributed by atoms with E-state index in [1.165, 1.54) is 25.5 Å². The number of carboxylic acids is 1. The van der Waals surface area contributed by atoms with Crippen LogP contribution in [0.25, 0.3) is 11.0 Å². The minimum atomic E-state index is -0.902. The fourth-order valence-corrected chi connectivity index (χ4v) is 3.77. The normalized spacial score (nSPS) is 16.6. The first-order chi connectivity index (χ1) is 14.5. The Bertz CT molecular complexity index is 1150. The van der Waals surface area contributed by atoms with Crippen LogP contribution in [0.1, 0.15) is 18.4 Å². The van der Waals surface area contributed by atoms with Gasteiger partial charge < -0.3 is 24.1 Å². The highest BCUT2D eigenvalue weighted by atomic mass is 16.5. The second-order valence-corrected chi connectivity index (χ2v) is 7.09. The van der Waals surface area contributed by atoms with Gasteiger partial charge in [-0.25, -0.2) is 0 Å². The Labute approximate surface area is 171 Å². The van der Waals surface area contributed by atoms with Crippen molar-refractivity contribution in [1.82, 2.24) is 4.90 Å². The number of hydrogen-bond acceptors (Lipinski definition) is 7. The summed E-state index contributed by atoms with van der Waals surface area (Å²) in [6.45, 7) is 0.752. The number of ether oxygens (including phenoxy) is 2. The lowest BCUT2D eigenvalue weighted by atomic mass is 10.1. The van der Waals surface area contributed by atoms with E-state index in [2.05, 4.69) is 0 Å². The zero-order valence-electron chi connectivity index (χ0n) is 16.3. The number of phenolic OH excluding ortho intramolecular Hbond substituents is 1. The van der Waals surface area contributed by atoms with Gasteiger partial charge in [0.05, 0.1) is 18.1 Å². The number of aliphatic carboxylic acids is 1. The van der Waals surface area contributed by atoms with Crippen LogP contribution < -0.4 is 14.9 Å². The number of carboxylic acid groups (broad SMARTS) is 1. The van der Waals surface area contributed by atoms with Gasteiger partial charge in [-0.15, -0.1) is 0 Å². The average Bonchev–Trinajstić information content (AvgIpc) is 3.21. The van der Waals surface area contributed by atoms with E-state index in [1.54, 1.807) is 29.2 Å². The molecule has 0 radical (unpaired) electrons. The largest absolute Gasteiger partial charge is 0.507 e. The minimum Gasteiger partial charge on any atom is -0.507 e. The number of aromatic hydroxyl groups is 1. The second kappa shape index (κ2) is 8.08. The van der Waals surface area contributed by atoms with Crippen LogP contribution in [0.5, 0.6) is 23.0 Å². The maximum Gasteiger partial charge on any atom is 0.320 e. The highest BCUT2D eigenvalue weighted by Gasteiger charge is 2.31. The van der Waals surface area contributed by atoms with Crippen molar-refractivity contribution >= 4 is 16.9 Å². The Morgan fingerprint density at radius 3 is 2.70 bits per heavy atom. The SMILES string of the molecule is COc1ccccc1Oc1coc2c(CN3CCCC3C(=O)O)c(O)ccc2c1=O. The Morgan fingerprint density at radius 2 is 1.97 bits per heavy atom. The molecule has 3 aromatic rings. The summed E-state index contributed by atoms with van der Waals surface area (Å²) < 4.78 is 16.6. The lowest BCUT2D eigenvalue weighted by Crippen LogP contribution is -2.35. The first-order valence-electron chi connectivity index (χ1n) is 9.53. The summed E-state index contributed by atoms with van der Waals surface area (Å²) in [5.74, 6) is -0.140. The van der Waals surface area contributed by atoms with Crippen molar-refractivity contribution in [2.45, 2.75) is 25.4 Å². The molecule has 2 aromatic carbocycles. The molecule has 0 saturated carbocycles. The van der Waals surface area contributed by atoms with Crippen LogP contribution in [-0.2, 0) is 11.3 Å². The molecule has 4 rings (SSSR count). The molecule has 1 saturated heterocycles. The van der Waals surface area contributed by atoms with Gasteiger partial charge >= 0.3 is 5.97 Å². The van der Waals surface area contributed by atoms with Gasteiger partial charge in [-0.05, 0) is 43.7 Å². The number of methoxy groups -OCH3 is 1. The number of para-hydroxylation sites is 2. The summed E-state index contributed by atoms with van der Waals surface area (Å²) in [5, 5.41) is 20.0. The molecule has 2 heterocycles. The maximum absolute atomic E-state index is 13.0. The average molecular weight is 411 g/mol. The lowest BCUT2D eigenvalue weighted by Gasteiger charge is -2.22. The summed E-state index contributed by atoms with van der Waals surface area (Å²) in [6, 6.07) is 9.17. The van der Waals surface area contributed by atoms with Gasteiger partial charge in [0, 0.05) is 6.54 Å². The molecule has 1 atom stereocenters. The summed E-state index contributed by atoms with van der Waals surface area (Å²) >= 11 is 0. The fraction of sp³-hybridized carbons (Fsp3) is 0.273. The molecule has 2 N–H and O–H groups in total. The maximum atomic E-state index is 13.0. The van der Waals surface area contributed by atoms with E-state index in [-0.39, 0.29) is 29.0 Å². The standard InChI is InChI=1S/C22H21NO7/c1-28-17-6-2-3-7-18(17)30-19-12-29-21-13(20(19)25)8-9-16(24)14(21)11-23-10-4-5-15(23)22(26)27/h2-3,6-9,12,15,24H,4-5,10-11H2,1H3,(H,26,27). The summed E-state index contributed by atoms with van der Waals surface area (Å²) in [4.78, 5) is 26.2. The van der Waals surface area contributed by atoms with Gasteiger partial charge in [0.1, 0.15) is 23.6 Å². The molecule has 0 amide bonds. The molecule has 8 nitrogen and oxygen atoms in total. The molecule has 1 fully saturated rings. The summed E-state index contributed by atoms with van der Waals surface area (Å²) in [7, 11) is 1.50. The van der Waals surface area contributed by atoms with Crippen LogP contribution in [0.15, 0.2) is 51.9 Å². The van der Waals surface area contributed by atoms with E-state index in [9.17, 15) is 19.8 Å². The van der Waals surface area contributed by atoms with E-state index in [1.807, 2.05) is 0 Å². The van der Waals surface area contributed by atoms with E-state index < -0.39 is 17.4 Å². The first kappa shape index (κ1) is 19.8. The van der Waals surface area contributed by atoms with Crippen molar-refractivity contribution in [3.05, 3.63) is 58.4 Å². The van der Waals surface area contributed by atoms with Crippen molar-refractivity contribution in [2.24, 2.45) is 0 Å². The van der Waals surface area contributed by atoms with E-state index in [0.717, 1.165) is 6.42 Å². The van der Waals surface area contributed by atoms with Crippen molar-refractivity contribution in [3.8, 4) is 23.0 Å². The molecule has 1 unspecified atom stereocenters. The Hall–Kier alpha value is -3.52. The number of fused-ring (bicyclic) bond motifs is 1. The first-order valence-corrected chi connectivity index (χ1v) is 9.53. The van der Waals surface area contributed by atoms with Crippen molar-refractivity contribution in [1.29, 1.82) is 0 Å². The van der Waals surface area contributed by atoms with Gasteiger partial charge in [-0.2, -0.15) is 0 Å².